The molecule has 0 aromatic carbocycles. The van der Waals surface area contributed by atoms with Gasteiger partial charge >= 0.3 is 0 Å². The molecule has 0 saturated carbocycles. The van der Waals surface area contributed by atoms with Gasteiger partial charge in [-0.3, -0.25) is 9.89 Å². The third-order valence-corrected chi connectivity index (χ3v) is 4.22. The minimum Gasteiger partial charge on any atom is -0.351 e. The summed E-state index contributed by atoms with van der Waals surface area (Å²) in [5.74, 6) is 1.16. The Bertz CT molecular complexity index is 330. The van der Waals surface area contributed by atoms with Crippen LogP contribution in [0.5, 0.6) is 0 Å². The van der Waals surface area contributed by atoms with Crippen LogP contribution in [0.2, 0.25) is 0 Å². The lowest BCUT2D eigenvalue weighted by Crippen LogP contribution is -2.36. The molecule has 1 aromatic rings. The molecule has 2 heterocycles. The molecule has 2 N–H and O–H groups in total. The number of carbonyl (C=O) groups is 1. The SMILES string of the molecule is CC1(CNC(=O)c2cn[nH]c2)CCCS1. The maximum atomic E-state index is 11.6. The molecular formula is C10H15N3OS. The molecule has 0 bridgehead atoms. The summed E-state index contributed by atoms with van der Waals surface area (Å²) in [5, 5.41) is 9.33. The fourth-order valence-electron chi connectivity index (χ4n) is 1.72. The lowest BCUT2D eigenvalue weighted by Gasteiger charge is -2.22. The summed E-state index contributed by atoms with van der Waals surface area (Å²) in [5.41, 5.74) is 0.599. The first-order valence-corrected chi connectivity index (χ1v) is 6.09. The third kappa shape index (κ3) is 2.53. The molecule has 1 aromatic heterocycles. The van der Waals surface area contributed by atoms with E-state index in [1.165, 1.54) is 18.6 Å². The van der Waals surface area contributed by atoms with Gasteiger partial charge in [0.2, 0.25) is 0 Å². The molecular weight excluding hydrogens is 210 g/mol. The summed E-state index contributed by atoms with van der Waals surface area (Å²) in [4.78, 5) is 11.6. The second kappa shape index (κ2) is 4.26. The molecule has 0 aliphatic carbocycles. The minimum atomic E-state index is -0.0440. The Hall–Kier alpha value is -0.970. The predicted octanol–water partition coefficient (Wildman–Crippen LogP) is 1.43. The zero-order chi connectivity index (χ0) is 10.7. The number of nitrogens with zero attached hydrogens (tertiary/aromatic N) is 1. The fraction of sp³-hybridized carbons (Fsp3) is 0.600. The molecule has 1 aliphatic rings. The zero-order valence-corrected chi connectivity index (χ0v) is 9.56. The van der Waals surface area contributed by atoms with Gasteiger partial charge in [-0.05, 0) is 25.5 Å². The average molecular weight is 225 g/mol. The van der Waals surface area contributed by atoms with Crippen molar-refractivity contribution in [3.05, 3.63) is 18.0 Å². The van der Waals surface area contributed by atoms with Crippen LogP contribution in [0.4, 0.5) is 0 Å². The summed E-state index contributed by atoms with van der Waals surface area (Å²) in [6, 6.07) is 0. The summed E-state index contributed by atoms with van der Waals surface area (Å²) < 4.78 is 0.222. The van der Waals surface area contributed by atoms with Crippen molar-refractivity contribution in [3.8, 4) is 0 Å². The zero-order valence-electron chi connectivity index (χ0n) is 8.75. The van der Waals surface area contributed by atoms with E-state index in [1.54, 1.807) is 12.4 Å². The van der Waals surface area contributed by atoms with Crippen LogP contribution in [0.3, 0.4) is 0 Å². The number of nitrogens with one attached hydrogen (secondary N) is 2. The number of H-pyrrole nitrogens is 1. The molecule has 1 atom stereocenters. The number of aromatic nitrogens is 2. The summed E-state index contributed by atoms with van der Waals surface area (Å²) >= 11 is 1.95. The van der Waals surface area contributed by atoms with Gasteiger partial charge in [0.05, 0.1) is 11.8 Å². The Kier molecular flexibility index (Phi) is 3.00. The number of hydrogen-bond donors (Lipinski definition) is 2. The molecule has 1 amide bonds. The van der Waals surface area contributed by atoms with Crippen LogP contribution in [0.25, 0.3) is 0 Å². The van der Waals surface area contributed by atoms with Crippen molar-refractivity contribution < 1.29 is 4.79 Å². The van der Waals surface area contributed by atoms with E-state index in [9.17, 15) is 4.79 Å². The monoisotopic (exact) mass is 225 g/mol. The highest BCUT2D eigenvalue weighted by molar-refractivity contribution is 8.00. The number of carbonyl (C=O) groups excluding carboxylic acids is 1. The van der Waals surface area contributed by atoms with Crippen LogP contribution >= 0.6 is 11.8 Å². The third-order valence-electron chi connectivity index (χ3n) is 2.68. The molecule has 1 unspecified atom stereocenters. The van der Waals surface area contributed by atoms with Gasteiger partial charge in [-0.2, -0.15) is 16.9 Å². The van der Waals surface area contributed by atoms with E-state index in [1.807, 2.05) is 11.8 Å². The van der Waals surface area contributed by atoms with Gasteiger partial charge < -0.3 is 5.32 Å². The van der Waals surface area contributed by atoms with Crippen molar-refractivity contribution in [1.82, 2.24) is 15.5 Å². The molecule has 1 aliphatic heterocycles. The Labute approximate surface area is 93.2 Å². The molecule has 1 fully saturated rings. The number of amides is 1. The molecule has 0 radical (unpaired) electrons. The molecule has 0 spiro atoms. The van der Waals surface area contributed by atoms with Crippen LogP contribution in [-0.4, -0.2) is 33.1 Å². The predicted molar refractivity (Wildman–Crippen MR) is 61.0 cm³/mol. The largest absolute Gasteiger partial charge is 0.351 e. The van der Waals surface area contributed by atoms with Gasteiger partial charge in [0.25, 0.3) is 5.91 Å². The van der Waals surface area contributed by atoms with Crippen molar-refractivity contribution in [2.45, 2.75) is 24.5 Å². The Balaban J connectivity index is 1.85. The topological polar surface area (TPSA) is 57.8 Å². The van der Waals surface area contributed by atoms with Crippen LogP contribution in [-0.2, 0) is 0 Å². The van der Waals surface area contributed by atoms with Crippen LogP contribution < -0.4 is 5.32 Å². The molecule has 82 valence electrons. The van der Waals surface area contributed by atoms with Gasteiger partial charge in [-0.25, -0.2) is 0 Å². The van der Waals surface area contributed by atoms with Gasteiger partial charge in [-0.1, -0.05) is 0 Å². The second-order valence-electron chi connectivity index (χ2n) is 4.07. The first kappa shape index (κ1) is 10.5. The van der Waals surface area contributed by atoms with E-state index in [-0.39, 0.29) is 10.7 Å². The maximum absolute atomic E-state index is 11.6. The highest BCUT2D eigenvalue weighted by Crippen LogP contribution is 2.36. The van der Waals surface area contributed by atoms with Crippen LogP contribution in [0.15, 0.2) is 12.4 Å². The first-order chi connectivity index (χ1) is 7.20. The normalized spacial score (nSPS) is 25.4. The first-order valence-electron chi connectivity index (χ1n) is 5.11. The average Bonchev–Trinajstić information content (AvgIpc) is 2.85. The molecule has 2 rings (SSSR count). The standard InChI is InChI=1S/C10H15N3OS/c1-10(3-2-4-15-10)7-11-9(14)8-5-12-13-6-8/h5-6H,2-4,7H2,1H3,(H,11,14)(H,12,13). The highest BCUT2D eigenvalue weighted by Gasteiger charge is 2.29. The lowest BCUT2D eigenvalue weighted by molar-refractivity contribution is 0.0950. The number of hydrogen-bond acceptors (Lipinski definition) is 3. The summed E-state index contributed by atoms with van der Waals surface area (Å²) in [6.45, 7) is 2.95. The van der Waals surface area contributed by atoms with Crippen molar-refractivity contribution in [1.29, 1.82) is 0 Å². The fourth-order valence-corrected chi connectivity index (χ4v) is 2.97. The van der Waals surface area contributed by atoms with Gasteiger partial charge in [-0.15, -0.1) is 0 Å². The van der Waals surface area contributed by atoms with E-state index >= 15 is 0 Å². The molecule has 15 heavy (non-hydrogen) atoms. The Morgan fingerprint density at radius 2 is 2.67 bits per heavy atom. The molecule has 1 saturated heterocycles. The second-order valence-corrected chi connectivity index (χ2v) is 5.75. The van der Waals surface area contributed by atoms with E-state index in [4.69, 9.17) is 0 Å². The molecule has 5 heteroatoms. The van der Waals surface area contributed by atoms with Crippen LogP contribution in [0.1, 0.15) is 30.1 Å². The van der Waals surface area contributed by atoms with Gasteiger partial charge in [0.15, 0.2) is 0 Å². The Morgan fingerprint density at radius 1 is 1.80 bits per heavy atom. The van der Waals surface area contributed by atoms with E-state index in [0.717, 1.165) is 6.54 Å². The van der Waals surface area contributed by atoms with Gasteiger partial charge in [0.1, 0.15) is 0 Å². The maximum Gasteiger partial charge on any atom is 0.254 e. The lowest BCUT2D eigenvalue weighted by atomic mass is 10.1. The Morgan fingerprint density at radius 3 is 3.27 bits per heavy atom. The molecule has 4 nitrogen and oxygen atoms in total. The van der Waals surface area contributed by atoms with E-state index < -0.39 is 0 Å². The summed E-state index contributed by atoms with van der Waals surface area (Å²) in [7, 11) is 0. The van der Waals surface area contributed by atoms with Crippen LogP contribution in [0, 0.1) is 0 Å². The van der Waals surface area contributed by atoms with Crippen molar-refractivity contribution >= 4 is 17.7 Å². The van der Waals surface area contributed by atoms with Crippen molar-refractivity contribution in [3.63, 3.8) is 0 Å². The van der Waals surface area contributed by atoms with E-state index in [0.29, 0.717) is 5.56 Å². The smallest absolute Gasteiger partial charge is 0.254 e. The highest BCUT2D eigenvalue weighted by atomic mass is 32.2. The number of rotatable bonds is 3. The van der Waals surface area contributed by atoms with Gasteiger partial charge in [0, 0.05) is 17.5 Å². The number of thioether (sulfide) groups is 1. The number of aromatic amines is 1. The van der Waals surface area contributed by atoms with Crippen molar-refractivity contribution in [2.75, 3.05) is 12.3 Å². The minimum absolute atomic E-state index is 0.0440. The summed E-state index contributed by atoms with van der Waals surface area (Å²) in [6.07, 6.45) is 5.59. The van der Waals surface area contributed by atoms with Crippen molar-refractivity contribution in [2.24, 2.45) is 0 Å². The van der Waals surface area contributed by atoms with E-state index in [2.05, 4.69) is 22.4 Å². The quantitative estimate of drug-likeness (QED) is 0.818.